The summed E-state index contributed by atoms with van der Waals surface area (Å²) in [5.74, 6) is 1.27. The smallest absolute Gasteiger partial charge is 0.252 e. The molecule has 0 atom stereocenters. The second-order valence-corrected chi connectivity index (χ2v) is 13.9. The first kappa shape index (κ1) is 29.9. The lowest BCUT2D eigenvalue weighted by molar-refractivity contribution is 0.444. The molecule has 0 amide bonds. The molecule has 51 heavy (non-hydrogen) atoms. The lowest BCUT2D eigenvalue weighted by Crippen LogP contribution is -2.61. The first-order valence-electron chi connectivity index (χ1n) is 18.2. The third-order valence-corrected chi connectivity index (χ3v) is 11.0. The van der Waals surface area contributed by atoms with Crippen molar-refractivity contribution in [2.75, 3.05) is 9.80 Å². The Bertz CT molecular complexity index is 2370. The predicted molar refractivity (Wildman–Crippen MR) is 211 cm³/mol. The third kappa shape index (κ3) is 5.05. The summed E-state index contributed by atoms with van der Waals surface area (Å²) < 4.78 is 0. The molecule has 5 nitrogen and oxygen atoms in total. The highest BCUT2D eigenvalue weighted by atomic mass is 15.2. The van der Waals surface area contributed by atoms with Gasteiger partial charge in [0.2, 0.25) is 0 Å². The van der Waals surface area contributed by atoms with Gasteiger partial charge in [0.1, 0.15) is 0 Å². The molecule has 2 aromatic heterocycles. The van der Waals surface area contributed by atoms with E-state index in [1.54, 1.807) is 0 Å². The van der Waals surface area contributed by atoms with E-state index in [1.807, 2.05) is 36.9 Å². The van der Waals surface area contributed by atoms with E-state index in [1.165, 1.54) is 76.8 Å². The fourth-order valence-corrected chi connectivity index (χ4v) is 8.72. The lowest BCUT2D eigenvalue weighted by atomic mass is 9.33. The summed E-state index contributed by atoms with van der Waals surface area (Å²) in [6, 6.07) is 46.8. The highest BCUT2D eigenvalue weighted by molar-refractivity contribution is 7.00. The van der Waals surface area contributed by atoms with Crippen LogP contribution in [0.3, 0.4) is 0 Å². The Balaban J connectivity index is 1.22. The lowest BCUT2D eigenvalue weighted by Gasteiger charge is -2.45. The van der Waals surface area contributed by atoms with Crippen molar-refractivity contribution in [1.82, 2.24) is 15.0 Å². The van der Waals surface area contributed by atoms with Gasteiger partial charge in [0.05, 0.1) is 0 Å². The van der Waals surface area contributed by atoms with E-state index in [9.17, 15) is 0 Å². The molecule has 0 spiro atoms. The Morgan fingerprint density at radius 3 is 1.86 bits per heavy atom. The van der Waals surface area contributed by atoms with E-state index in [-0.39, 0.29) is 6.71 Å². The number of anilines is 6. The quantitative estimate of drug-likeness (QED) is 0.173. The van der Waals surface area contributed by atoms with Crippen molar-refractivity contribution < 1.29 is 0 Å². The summed E-state index contributed by atoms with van der Waals surface area (Å²) in [6.07, 6.45) is 13.8. The van der Waals surface area contributed by atoms with Crippen molar-refractivity contribution in [1.29, 1.82) is 0 Å². The maximum Gasteiger partial charge on any atom is 0.252 e. The number of para-hydroxylation sites is 2. The number of hydrogen-bond acceptors (Lipinski definition) is 5. The maximum atomic E-state index is 4.60. The summed E-state index contributed by atoms with van der Waals surface area (Å²) in [5.41, 5.74) is 16.0. The maximum absolute atomic E-state index is 4.60. The molecular formula is C45H36BN5. The molecule has 4 heterocycles. The molecule has 1 aliphatic carbocycles. The molecule has 0 bridgehead atoms. The summed E-state index contributed by atoms with van der Waals surface area (Å²) >= 11 is 0. The van der Waals surface area contributed by atoms with Gasteiger partial charge in [-0.25, -0.2) is 9.97 Å². The summed E-state index contributed by atoms with van der Waals surface area (Å²) in [4.78, 5) is 18.6. The van der Waals surface area contributed by atoms with Crippen LogP contribution < -0.4 is 26.2 Å². The zero-order chi connectivity index (χ0) is 33.7. The fourth-order valence-electron chi connectivity index (χ4n) is 8.72. The fraction of sp³-hybridized carbons (Fsp3) is 0.133. The molecule has 5 aromatic carbocycles. The summed E-state index contributed by atoms with van der Waals surface area (Å²) in [5, 5.41) is 0. The minimum Gasteiger partial charge on any atom is -0.311 e. The number of pyridine rings is 1. The van der Waals surface area contributed by atoms with E-state index in [2.05, 4.69) is 140 Å². The zero-order valence-electron chi connectivity index (χ0n) is 28.4. The van der Waals surface area contributed by atoms with Gasteiger partial charge >= 0.3 is 0 Å². The van der Waals surface area contributed by atoms with Gasteiger partial charge in [-0.3, -0.25) is 4.98 Å². The van der Waals surface area contributed by atoms with Gasteiger partial charge in [0.15, 0.2) is 5.82 Å². The van der Waals surface area contributed by atoms with Crippen LogP contribution in [0.4, 0.5) is 34.1 Å². The Labute approximate surface area is 299 Å². The molecule has 0 radical (unpaired) electrons. The standard InChI is InChI=1S/C45H36BN5/c1-2-11-31(12-3-1)35-28-42-44-43(29-35)51(37-15-8-13-33(27-37)45-48-25-10-26-49-45)41-19-7-5-17-39(41)46(44)38-16-4-6-18-40(38)50(42)36-22-20-32(21-23-36)34-14-9-24-47-30-34/h4-10,13-31H,1-3,11-12H2. The van der Waals surface area contributed by atoms with Gasteiger partial charge in [-0.15, -0.1) is 0 Å². The van der Waals surface area contributed by atoms with Crippen LogP contribution in [-0.2, 0) is 0 Å². The second-order valence-electron chi connectivity index (χ2n) is 13.9. The van der Waals surface area contributed by atoms with Gasteiger partial charge in [0, 0.05) is 64.5 Å². The highest BCUT2D eigenvalue weighted by Crippen LogP contribution is 2.47. The highest BCUT2D eigenvalue weighted by Gasteiger charge is 2.43. The Morgan fingerprint density at radius 2 is 1.18 bits per heavy atom. The minimum atomic E-state index is 0.102. The average Bonchev–Trinajstić information content (AvgIpc) is 3.21. The van der Waals surface area contributed by atoms with Crippen LogP contribution in [0.5, 0.6) is 0 Å². The van der Waals surface area contributed by atoms with Crippen LogP contribution in [0, 0.1) is 0 Å². The average molecular weight is 658 g/mol. The first-order valence-corrected chi connectivity index (χ1v) is 18.2. The number of aromatic nitrogens is 3. The molecule has 0 saturated heterocycles. The normalized spacial score (nSPS) is 14.9. The first-order chi connectivity index (χ1) is 25.3. The Hall–Kier alpha value is -6.01. The van der Waals surface area contributed by atoms with Crippen molar-refractivity contribution in [3.05, 3.63) is 158 Å². The molecule has 6 heteroatoms. The minimum absolute atomic E-state index is 0.102. The molecule has 2 aliphatic heterocycles. The topological polar surface area (TPSA) is 45.2 Å². The molecule has 7 aromatic rings. The number of benzene rings is 5. The van der Waals surface area contributed by atoms with Gasteiger partial charge in [-0.05, 0) is 113 Å². The van der Waals surface area contributed by atoms with Gasteiger partial charge < -0.3 is 9.80 Å². The van der Waals surface area contributed by atoms with Crippen molar-refractivity contribution in [3.8, 4) is 22.5 Å². The SMILES string of the molecule is c1cnc(-c2cccc(N3c4ccccc4B4c5ccccc5N(c5ccc(-c6cccnc6)cc5)c5cc(C6CCCCC6)cc3c54)c2)nc1. The van der Waals surface area contributed by atoms with Crippen LogP contribution >= 0.6 is 0 Å². The monoisotopic (exact) mass is 657 g/mol. The van der Waals surface area contributed by atoms with Crippen LogP contribution in [0.15, 0.2) is 152 Å². The largest absolute Gasteiger partial charge is 0.311 e. The van der Waals surface area contributed by atoms with Crippen molar-refractivity contribution in [2.45, 2.75) is 38.0 Å². The summed E-state index contributed by atoms with van der Waals surface area (Å²) in [7, 11) is 0. The van der Waals surface area contributed by atoms with Crippen molar-refractivity contribution >= 4 is 57.2 Å². The second kappa shape index (κ2) is 12.4. The third-order valence-electron chi connectivity index (χ3n) is 11.0. The molecule has 10 rings (SSSR count). The van der Waals surface area contributed by atoms with Crippen molar-refractivity contribution in [3.63, 3.8) is 0 Å². The Morgan fingerprint density at radius 1 is 0.510 bits per heavy atom. The van der Waals surface area contributed by atoms with Crippen LogP contribution in [0.1, 0.15) is 43.6 Å². The van der Waals surface area contributed by atoms with E-state index in [0.717, 1.165) is 33.9 Å². The number of rotatable bonds is 5. The summed E-state index contributed by atoms with van der Waals surface area (Å²) in [6.45, 7) is 0.102. The Kier molecular flexibility index (Phi) is 7.26. The number of fused-ring (bicyclic) bond motifs is 4. The van der Waals surface area contributed by atoms with E-state index in [0.29, 0.717) is 5.92 Å². The zero-order valence-corrected chi connectivity index (χ0v) is 28.4. The molecule has 0 unspecified atom stereocenters. The molecule has 1 saturated carbocycles. The number of nitrogens with zero attached hydrogens (tertiary/aromatic N) is 5. The van der Waals surface area contributed by atoms with Crippen LogP contribution in [0.2, 0.25) is 0 Å². The van der Waals surface area contributed by atoms with Gasteiger partial charge in [-0.1, -0.05) is 86.0 Å². The van der Waals surface area contributed by atoms with E-state index < -0.39 is 0 Å². The predicted octanol–water partition coefficient (Wildman–Crippen LogP) is 9.34. The van der Waals surface area contributed by atoms with Gasteiger partial charge in [-0.2, -0.15) is 0 Å². The molecule has 1 fully saturated rings. The van der Waals surface area contributed by atoms with E-state index in [4.69, 9.17) is 0 Å². The van der Waals surface area contributed by atoms with Gasteiger partial charge in [0.25, 0.3) is 6.71 Å². The molecular weight excluding hydrogens is 621 g/mol. The molecule has 3 aliphatic rings. The number of hydrogen-bond donors (Lipinski definition) is 0. The van der Waals surface area contributed by atoms with Crippen LogP contribution in [-0.4, -0.2) is 21.7 Å². The molecule has 244 valence electrons. The molecule has 0 N–H and O–H groups in total. The van der Waals surface area contributed by atoms with Crippen molar-refractivity contribution in [2.24, 2.45) is 0 Å². The van der Waals surface area contributed by atoms with Crippen LogP contribution in [0.25, 0.3) is 22.5 Å². The van der Waals surface area contributed by atoms with E-state index >= 15 is 0 Å².